The molecule has 1 heterocycles. The van der Waals surface area contributed by atoms with Crippen LogP contribution in [-0.2, 0) is 11.3 Å². The highest BCUT2D eigenvalue weighted by molar-refractivity contribution is 6.53. The van der Waals surface area contributed by atoms with Crippen molar-refractivity contribution in [3.05, 3.63) is 66.0 Å². The van der Waals surface area contributed by atoms with Crippen LogP contribution in [0.3, 0.4) is 0 Å². The third-order valence-corrected chi connectivity index (χ3v) is 4.62. The molecule has 3 rings (SSSR count). The van der Waals surface area contributed by atoms with Crippen LogP contribution in [0.2, 0.25) is 0 Å². The van der Waals surface area contributed by atoms with E-state index < -0.39 is 10.3 Å². The van der Waals surface area contributed by atoms with E-state index in [1.54, 1.807) is 12.4 Å². The molecule has 1 aliphatic carbocycles. The molecular weight excluding hydrogens is 307 g/mol. The molecule has 1 aromatic carbocycles. The Morgan fingerprint density at radius 3 is 2.62 bits per heavy atom. The summed E-state index contributed by atoms with van der Waals surface area (Å²) in [7, 11) is 0. The molecule has 0 aliphatic heterocycles. The molecule has 0 radical (unpaired) electrons. The number of hydrogen-bond donors (Lipinski definition) is 1. The molecule has 1 fully saturated rings. The lowest BCUT2D eigenvalue weighted by Crippen LogP contribution is -2.26. The maximum Gasteiger partial charge on any atom is 0.227 e. The molecule has 108 valence electrons. The van der Waals surface area contributed by atoms with Crippen molar-refractivity contribution < 1.29 is 4.79 Å². The minimum atomic E-state index is -1.03. The van der Waals surface area contributed by atoms with Gasteiger partial charge in [-0.25, -0.2) is 0 Å². The van der Waals surface area contributed by atoms with Crippen LogP contribution in [0, 0.1) is 5.92 Å². The van der Waals surface area contributed by atoms with Gasteiger partial charge in [0, 0.05) is 24.9 Å². The number of alkyl halides is 2. The van der Waals surface area contributed by atoms with Crippen molar-refractivity contribution in [2.45, 2.75) is 16.8 Å². The first-order valence-electron chi connectivity index (χ1n) is 6.70. The molecule has 1 amide bonds. The highest BCUT2D eigenvalue weighted by atomic mass is 35.5. The van der Waals surface area contributed by atoms with Gasteiger partial charge in [-0.2, -0.15) is 0 Å². The second kappa shape index (κ2) is 5.66. The first-order valence-corrected chi connectivity index (χ1v) is 7.45. The predicted octanol–water partition coefficient (Wildman–Crippen LogP) is 3.29. The van der Waals surface area contributed by atoms with E-state index in [9.17, 15) is 4.79 Å². The summed E-state index contributed by atoms with van der Waals surface area (Å²) in [5.74, 6) is -0.700. The molecule has 0 bridgehead atoms. The van der Waals surface area contributed by atoms with Gasteiger partial charge < -0.3 is 5.32 Å². The third-order valence-electron chi connectivity index (χ3n) is 3.68. The van der Waals surface area contributed by atoms with E-state index in [0.29, 0.717) is 6.54 Å². The lowest BCUT2D eigenvalue weighted by Gasteiger charge is -2.04. The molecule has 1 aromatic heterocycles. The Morgan fingerprint density at radius 1 is 1.19 bits per heavy atom. The van der Waals surface area contributed by atoms with Crippen LogP contribution in [-0.4, -0.2) is 15.2 Å². The molecule has 2 aromatic rings. The Hall–Kier alpha value is -1.58. The van der Waals surface area contributed by atoms with Crippen LogP contribution in [0.25, 0.3) is 0 Å². The summed E-state index contributed by atoms with van der Waals surface area (Å²) in [5.41, 5.74) is 1.93. The van der Waals surface area contributed by atoms with Crippen LogP contribution in [0.4, 0.5) is 0 Å². The highest BCUT2D eigenvalue weighted by Gasteiger charge is 2.67. The van der Waals surface area contributed by atoms with Crippen molar-refractivity contribution in [3.8, 4) is 0 Å². The van der Waals surface area contributed by atoms with Gasteiger partial charge in [-0.15, -0.1) is 23.2 Å². The van der Waals surface area contributed by atoms with Crippen molar-refractivity contribution in [1.82, 2.24) is 10.3 Å². The van der Waals surface area contributed by atoms with E-state index in [1.807, 2.05) is 42.5 Å². The Bertz CT molecular complexity index is 631. The molecule has 3 nitrogen and oxygen atoms in total. The molecule has 2 atom stereocenters. The van der Waals surface area contributed by atoms with Crippen molar-refractivity contribution in [2.24, 2.45) is 5.92 Å². The SMILES string of the molecule is O=C(NCc1cccnc1)C1C(c2ccccc2)C1(Cl)Cl. The number of aromatic nitrogens is 1. The Morgan fingerprint density at radius 2 is 1.95 bits per heavy atom. The minimum Gasteiger partial charge on any atom is -0.352 e. The largest absolute Gasteiger partial charge is 0.352 e. The monoisotopic (exact) mass is 320 g/mol. The van der Waals surface area contributed by atoms with Gasteiger partial charge in [0.1, 0.15) is 4.33 Å². The smallest absolute Gasteiger partial charge is 0.227 e. The lowest BCUT2D eigenvalue weighted by molar-refractivity contribution is -0.122. The molecular formula is C16H14Cl2N2O. The van der Waals surface area contributed by atoms with Crippen molar-refractivity contribution in [3.63, 3.8) is 0 Å². The summed E-state index contributed by atoms with van der Waals surface area (Å²) in [6, 6.07) is 13.4. The van der Waals surface area contributed by atoms with Crippen molar-refractivity contribution >= 4 is 29.1 Å². The molecule has 1 saturated carbocycles. The minimum absolute atomic E-state index is 0.127. The maximum absolute atomic E-state index is 12.3. The summed E-state index contributed by atoms with van der Waals surface area (Å²) in [5, 5.41) is 2.87. The summed E-state index contributed by atoms with van der Waals surface area (Å²) < 4.78 is -1.03. The molecule has 0 saturated heterocycles. The summed E-state index contributed by atoms with van der Waals surface area (Å²) in [4.78, 5) is 16.3. The standard InChI is InChI=1S/C16H14Cl2N2O/c17-16(18)13(12-6-2-1-3-7-12)14(16)15(21)20-10-11-5-4-8-19-9-11/h1-9,13-14H,10H2,(H,20,21). The van der Waals surface area contributed by atoms with E-state index in [2.05, 4.69) is 10.3 Å². The van der Waals surface area contributed by atoms with Crippen LogP contribution in [0.5, 0.6) is 0 Å². The van der Waals surface area contributed by atoms with Crippen molar-refractivity contribution in [2.75, 3.05) is 0 Å². The van der Waals surface area contributed by atoms with E-state index in [0.717, 1.165) is 11.1 Å². The first kappa shape index (κ1) is 14.4. The molecule has 1 N–H and O–H groups in total. The number of carbonyl (C=O) groups excluding carboxylic acids is 1. The topological polar surface area (TPSA) is 42.0 Å². The number of halogens is 2. The van der Waals surface area contributed by atoms with Gasteiger partial charge >= 0.3 is 0 Å². The second-order valence-electron chi connectivity index (χ2n) is 5.12. The number of benzene rings is 1. The van der Waals surface area contributed by atoms with Gasteiger partial charge in [0.25, 0.3) is 0 Å². The van der Waals surface area contributed by atoms with Gasteiger partial charge in [-0.1, -0.05) is 36.4 Å². The molecule has 5 heteroatoms. The van der Waals surface area contributed by atoms with E-state index in [-0.39, 0.29) is 11.8 Å². The van der Waals surface area contributed by atoms with Gasteiger partial charge in [-0.3, -0.25) is 9.78 Å². The van der Waals surface area contributed by atoms with E-state index in [1.165, 1.54) is 0 Å². The highest BCUT2D eigenvalue weighted by Crippen LogP contribution is 2.64. The zero-order valence-corrected chi connectivity index (χ0v) is 12.7. The quantitative estimate of drug-likeness (QED) is 0.878. The number of carbonyl (C=O) groups is 1. The normalized spacial score (nSPS) is 22.6. The number of pyridine rings is 1. The number of rotatable bonds is 4. The van der Waals surface area contributed by atoms with Crippen LogP contribution >= 0.6 is 23.2 Å². The first-order chi connectivity index (χ1) is 10.1. The fourth-order valence-electron chi connectivity index (χ4n) is 2.53. The molecule has 0 spiro atoms. The zero-order chi connectivity index (χ0) is 14.9. The van der Waals surface area contributed by atoms with Gasteiger partial charge in [0.15, 0.2) is 0 Å². The fraction of sp³-hybridized carbons (Fsp3) is 0.250. The Balaban J connectivity index is 1.66. The maximum atomic E-state index is 12.3. The second-order valence-corrected chi connectivity index (χ2v) is 6.56. The van der Waals surface area contributed by atoms with Crippen LogP contribution < -0.4 is 5.32 Å². The van der Waals surface area contributed by atoms with Gasteiger partial charge in [0.2, 0.25) is 5.91 Å². The Labute approximate surface area is 133 Å². The fourth-order valence-corrected chi connectivity index (χ4v) is 3.36. The summed E-state index contributed by atoms with van der Waals surface area (Å²) in [6.45, 7) is 0.425. The number of amides is 1. The van der Waals surface area contributed by atoms with Crippen LogP contribution in [0.1, 0.15) is 17.0 Å². The number of nitrogens with one attached hydrogen (secondary N) is 1. The van der Waals surface area contributed by atoms with E-state index in [4.69, 9.17) is 23.2 Å². The average Bonchev–Trinajstić information content (AvgIpc) is 3.09. The molecule has 2 unspecified atom stereocenters. The third kappa shape index (κ3) is 2.89. The number of nitrogens with zero attached hydrogens (tertiary/aromatic N) is 1. The molecule has 1 aliphatic rings. The summed E-state index contributed by atoms with van der Waals surface area (Å²) in [6.07, 6.45) is 3.41. The number of hydrogen-bond acceptors (Lipinski definition) is 2. The Kier molecular flexibility index (Phi) is 3.87. The average molecular weight is 321 g/mol. The van der Waals surface area contributed by atoms with E-state index >= 15 is 0 Å². The van der Waals surface area contributed by atoms with Gasteiger partial charge in [0.05, 0.1) is 5.92 Å². The van der Waals surface area contributed by atoms with Gasteiger partial charge in [-0.05, 0) is 17.2 Å². The lowest BCUT2D eigenvalue weighted by atomic mass is 10.1. The zero-order valence-electron chi connectivity index (χ0n) is 11.2. The van der Waals surface area contributed by atoms with Crippen molar-refractivity contribution in [1.29, 1.82) is 0 Å². The van der Waals surface area contributed by atoms with Crippen LogP contribution in [0.15, 0.2) is 54.9 Å². The summed E-state index contributed by atoms with van der Waals surface area (Å²) >= 11 is 12.6. The predicted molar refractivity (Wildman–Crippen MR) is 83.2 cm³/mol. The molecule has 21 heavy (non-hydrogen) atoms.